The van der Waals surface area contributed by atoms with E-state index in [-0.39, 0.29) is 0 Å². The van der Waals surface area contributed by atoms with Crippen molar-refractivity contribution in [1.82, 2.24) is 5.32 Å². The number of aryl methyl sites for hydroxylation is 1. The largest absolute Gasteiger partial charge is 0.481 e. The van der Waals surface area contributed by atoms with Crippen LogP contribution in [0.15, 0.2) is 30.3 Å². The average Bonchev–Trinajstić information content (AvgIpc) is 2.38. The Morgan fingerprint density at radius 2 is 2.12 bits per heavy atom. The van der Waals surface area contributed by atoms with Gasteiger partial charge in [-0.2, -0.15) is 0 Å². The van der Waals surface area contributed by atoms with Crippen LogP contribution in [0.3, 0.4) is 0 Å². The topological polar surface area (TPSA) is 49.3 Å². The van der Waals surface area contributed by atoms with Crippen molar-refractivity contribution in [1.29, 1.82) is 0 Å². The third-order valence-corrected chi connectivity index (χ3v) is 3.66. The summed E-state index contributed by atoms with van der Waals surface area (Å²) < 4.78 is 0. The van der Waals surface area contributed by atoms with Crippen LogP contribution in [0.25, 0.3) is 0 Å². The zero-order valence-corrected chi connectivity index (χ0v) is 9.98. The lowest BCUT2D eigenvalue weighted by Crippen LogP contribution is -2.45. The van der Waals surface area contributed by atoms with E-state index in [1.807, 2.05) is 18.2 Å². The van der Waals surface area contributed by atoms with Crippen LogP contribution in [-0.4, -0.2) is 24.2 Å². The van der Waals surface area contributed by atoms with Gasteiger partial charge < -0.3 is 10.4 Å². The van der Waals surface area contributed by atoms with Crippen LogP contribution < -0.4 is 5.32 Å². The highest BCUT2D eigenvalue weighted by Crippen LogP contribution is 2.32. The minimum atomic E-state index is -0.652. The number of nitrogens with one attached hydrogen (secondary N) is 1. The van der Waals surface area contributed by atoms with Crippen molar-refractivity contribution in [3.05, 3.63) is 35.9 Å². The first-order valence-electron chi connectivity index (χ1n) is 6.21. The zero-order valence-electron chi connectivity index (χ0n) is 9.98. The second-order valence-electron chi connectivity index (χ2n) is 4.85. The maximum atomic E-state index is 11.5. The van der Waals surface area contributed by atoms with Crippen LogP contribution in [0.4, 0.5) is 0 Å². The Kier molecular flexibility index (Phi) is 3.79. The first-order valence-corrected chi connectivity index (χ1v) is 6.21. The fourth-order valence-corrected chi connectivity index (χ4v) is 2.50. The number of carboxylic acids is 1. The Hall–Kier alpha value is -1.35. The third kappa shape index (κ3) is 2.86. The monoisotopic (exact) mass is 233 g/mol. The molecule has 1 atom stereocenters. The van der Waals surface area contributed by atoms with Crippen LogP contribution in [-0.2, 0) is 11.2 Å². The molecule has 17 heavy (non-hydrogen) atoms. The van der Waals surface area contributed by atoms with Crippen molar-refractivity contribution in [2.24, 2.45) is 5.41 Å². The summed E-state index contributed by atoms with van der Waals surface area (Å²) in [6, 6.07) is 10.1. The molecule has 1 fully saturated rings. The van der Waals surface area contributed by atoms with E-state index < -0.39 is 11.4 Å². The van der Waals surface area contributed by atoms with Gasteiger partial charge in [0.2, 0.25) is 0 Å². The molecule has 0 saturated carbocycles. The summed E-state index contributed by atoms with van der Waals surface area (Å²) in [6.07, 6.45) is 3.32. The summed E-state index contributed by atoms with van der Waals surface area (Å²) in [7, 11) is 0. The lowest BCUT2D eigenvalue weighted by Gasteiger charge is -2.33. The van der Waals surface area contributed by atoms with E-state index in [0.29, 0.717) is 6.54 Å². The molecule has 1 saturated heterocycles. The van der Waals surface area contributed by atoms with E-state index in [1.165, 1.54) is 5.56 Å². The predicted molar refractivity (Wildman–Crippen MR) is 66.9 cm³/mol. The molecule has 2 N–H and O–H groups in total. The molecule has 1 aromatic rings. The Balaban J connectivity index is 2.01. The number of aliphatic carboxylic acids is 1. The van der Waals surface area contributed by atoms with Gasteiger partial charge in [0.15, 0.2) is 0 Å². The highest BCUT2D eigenvalue weighted by atomic mass is 16.4. The number of carbonyl (C=O) groups is 1. The van der Waals surface area contributed by atoms with Gasteiger partial charge in [-0.05, 0) is 37.8 Å². The van der Waals surface area contributed by atoms with Crippen molar-refractivity contribution in [3.8, 4) is 0 Å². The van der Waals surface area contributed by atoms with Crippen molar-refractivity contribution in [2.75, 3.05) is 13.1 Å². The summed E-state index contributed by atoms with van der Waals surface area (Å²) in [4.78, 5) is 11.5. The first-order chi connectivity index (χ1) is 8.23. The highest BCUT2D eigenvalue weighted by molar-refractivity contribution is 5.75. The average molecular weight is 233 g/mol. The molecule has 1 aromatic carbocycles. The molecule has 0 radical (unpaired) electrons. The van der Waals surface area contributed by atoms with Gasteiger partial charge in [0.1, 0.15) is 0 Å². The normalized spacial score (nSPS) is 24.5. The molecular weight excluding hydrogens is 214 g/mol. The molecule has 0 bridgehead atoms. The number of hydrogen-bond acceptors (Lipinski definition) is 2. The van der Waals surface area contributed by atoms with Crippen LogP contribution >= 0.6 is 0 Å². The Morgan fingerprint density at radius 1 is 1.35 bits per heavy atom. The lowest BCUT2D eigenvalue weighted by atomic mass is 9.76. The van der Waals surface area contributed by atoms with Gasteiger partial charge >= 0.3 is 5.97 Å². The van der Waals surface area contributed by atoms with Crippen molar-refractivity contribution < 1.29 is 9.90 Å². The molecule has 1 aliphatic rings. The maximum Gasteiger partial charge on any atom is 0.310 e. The molecular formula is C14H19NO2. The van der Waals surface area contributed by atoms with Crippen LogP contribution in [0.5, 0.6) is 0 Å². The van der Waals surface area contributed by atoms with Crippen molar-refractivity contribution >= 4 is 5.97 Å². The van der Waals surface area contributed by atoms with E-state index in [1.54, 1.807) is 0 Å². The SMILES string of the molecule is O=C(O)C1(CCc2ccccc2)CCCNC1. The van der Waals surface area contributed by atoms with E-state index in [9.17, 15) is 9.90 Å². The second kappa shape index (κ2) is 5.32. The van der Waals surface area contributed by atoms with Gasteiger partial charge in [-0.3, -0.25) is 4.79 Å². The fourth-order valence-electron chi connectivity index (χ4n) is 2.50. The zero-order chi connectivity index (χ0) is 12.1. The molecule has 3 heteroatoms. The third-order valence-electron chi connectivity index (χ3n) is 3.66. The van der Waals surface area contributed by atoms with E-state index in [2.05, 4.69) is 17.4 Å². The smallest absolute Gasteiger partial charge is 0.310 e. The van der Waals surface area contributed by atoms with Gasteiger partial charge in [0.25, 0.3) is 0 Å². The molecule has 2 rings (SSSR count). The number of benzene rings is 1. The van der Waals surface area contributed by atoms with Crippen LogP contribution in [0, 0.1) is 5.41 Å². The molecule has 0 aromatic heterocycles. The highest BCUT2D eigenvalue weighted by Gasteiger charge is 2.38. The van der Waals surface area contributed by atoms with Crippen molar-refractivity contribution in [3.63, 3.8) is 0 Å². The Morgan fingerprint density at radius 3 is 2.71 bits per heavy atom. The summed E-state index contributed by atoms with van der Waals surface area (Å²) in [6.45, 7) is 1.55. The van der Waals surface area contributed by atoms with Gasteiger partial charge in [0.05, 0.1) is 5.41 Å². The van der Waals surface area contributed by atoms with E-state index >= 15 is 0 Å². The summed E-state index contributed by atoms with van der Waals surface area (Å²) in [5.74, 6) is -0.652. The molecule has 0 aliphatic carbocycles. The number of carboxylic acid groups (broad SMARTS) is 1. The molecule has 1 unspecified atom stereocenters. The summed E-state index contributed by atoms with van der Waals surface area (Å²) in [5, 5.41) is 12.6. The minimum absolute atomic E-state index is 0.561. The van der Waals surface area contributed by atoms with Crippen LogP contribution in [0.2, 0.25) is 0 Å². The van der Waals surface area contributed by atoms with Gasteiger partial charge in [0, 0.05) is 6.54 Å². The fraction of sp³-hybridized carbons (Fsp3) is 0.500. The number of piperidine rings is 1. The molecule has 0 amide bonds. The maximum absolute atomic E-state index is 11.5. The summed E-state index contributed by atoms with van der Waals surface area (Å²) >= 11 is 0. The lowest BCUT2D eigenvalue weighted by molar-refractivity contribution is -0.150. The molecule has 92 valence electrons. The molecule has 0 spiro atoms. The molecule has 1 heterocycles. The van der Waals surface area contributed by atoms with Crippen LogP contribution in [0.1, 0.15) is 24.8 Å². The number of hydrogen-bond donors (Lipinski definition) is 2. The quantitative estimate of drug-likeness (QED) is 0.837. The van der Waals surface area contributed by atoms with Gasteiger partial charge in [-0.25, -0.2) is 0 Å². The number of rotatable bonds is 4. The van der Waals surface area contributed by atoms with Gasteiger partial charge in [-0.15, -0.1) is 0 Å². The minimum Gasteiger partial charge on any atom is -0.481 e. The van der Waals surface area contributed by atoms with E-state index in [4.69, 9.17) is 0 Å². The Labute approximate surface area is 102 Å². The molecule has 1 aliphatic heterocycles. The van der Waals surface area contributed by atoms with E-state index in [0.717, 1.165) is 32.2 Å². The summed E-state index contributed by atoms with van der Waals surface area (Å²) in [5.41, 5.74) is 0.660. The molecule has 3 nitrogen and oxygen atoms in total. The standard InChI is InChI=1S/C14H19NO2/c16-13(17)14(8-4-10-15-11-14)9-7-12-5-2-1-3-6-12/h1-3,5-6,15H,4,7-11H2,(H,16,17). The van der Waals surface area contributed by atoms with Gasteiger partial charge in [-0.1, -0.05) is 30.3 Å². The predicted octanol–water partition coefficient (Wildman–Crippen LogP) is 2.07. The Bertz CT molecular complexity index is 369. The van der Waals surface area contributed by atoms with Crippen molar-refractivity contribution in [2.45, 2.75) is 25.7 Å². The first kappa shape index (κ1) is 12.1. The second-order valence-corrected chi connectivity index (χ2v) is 4.85.